The average Bonchev–Trinajstić information content (AvgIpc) is 2.74. The van der Waals surface area contributed by atoms with Gasteiger partial charge in [-0.3, -0.25) is 9.69 Å². The molecule has 2 atom stereocenters. The summed E-state index contributed by atoms with van der Waals surface area (Å²) in [5.41, 5.74) is -2.58. The molecule has 4 bridgehead atoms. The number of hydrogen-bond donors (Lipinski definition) is 2. The second-order valence-corrected chi connectivity index (χ2v) is 12.9. The molecule has 7 heteroatoms. The number of nitrogens with zero attached hydrogens (tertiary/aromatic N) is 1. The van der Waals surface area contributed by atoms with E-state index < -0.39 is 28.9 Å². The molecular weight excluding hydrogens is 496 g/mol. The van der Waals surface area contributed by atoms with Crippen molar-refractivity contribution in [2.24, 2.45) is 23.7 Å². The smallest absolute Gasteiger partial charge is 0.411 e. The molecule has 0 radical (unpaired) electrons. The van der Waals surface area contributed by atoms with E-state index >= 15 is 0 Å². The van der Waals surface area contributed by atoms with Crippen molar-refractivity contribution in [1.29, 1.82) is 0 Å². The number of benzene rings is 1. The van der Waals surface area contributed by atoms with Gasteiger partial charge in [-0.2, -0.15) is 0 Å². The Kier molecular flexibility index (Phi) is 5.93. The van der Waals surface area contributed by atoms with Gasteiger partial charge < -0.3 is 15.2 Å². The zero-order valence-corrected chi connectivity index (χ0v) is 22.2. The molecule has 6 rings (SSSR count). The van der Waals surface area contributed by atoms with Gasteiger partial charge in [0.1, 0.15) is 11.2 Å². The zero-order chi connectivity index (χ0) is 24.5. The van der Waals surface area contributed by atoms with E-state index in [4.69, 9.17) is 4.74 Å². The molecule has 6 nitrogen and oxygen atoms in total. The van der Waals surface area contributed by atoms with Crippen LogP contribution in [0.4, 0.5) is 4.79 Å². The number of Topliss-reactive ketones (excluding diaryl/α,β-unsaturated/α-hetero) is 1. The molecular formula is C27H37BrN2O4. The Hall–Kier alpha value is -1.44. The predicted molar refractivity (Wildman–Crippen MR) is 133 cm³/mol. The normalized spacial score (nSPS) is 39.2. The third-order valence-electron chi connectivity index (χ3n) is 8.85. The molecule has 5 fully saturated rings. The van der Waals surface area contributed by atoms with Gasteiger partial charge in [-0.05, 0) is 101 Å². The first-order valence-corrected chi connectivity index (χ1v) is 13.5. The quantitative estimate of drug-likeness (QED) is 0.581. The average molecular weight is 534 g/mol. The van der Waals surface area contributed by atoms with E-state index in [1.807, 2.05) is 45.0 Å². The minimum Gasteiger partial charge on any atom is -0.444 e. The van der Waals surface area contributed by atoms with Gasteiger partial charge in [0.05, 0.1) is 6.04 Å². The number of rotatable bonds is 3. The van der Waals surface area contributed by atoms with Crippen molar-refractivity contribution >= 4 is 27.8 Å². The number of piperazine rings is 1. The molecule has 186 valence electrons. The standard InChI is InChI=1S/C27H37BrN2O4/c1-16(31)26(27(33)20-11-17-10-18(13-20)14-21(27)12-17)23(19-6-5-7-22(28)15-19)29-8-9-30(26)24(32)34-25(2,3)4/h5-7,15,17-18,20-21,23,29,33H,8-14H2,1-4H3. The Labute approximate surface area is 210 Å². The SMILES string of the molecule is CC(=O)C1(C2(O)C3CC4CC(C3)CC2C4)C(c2cccc(Br)c2)NCCN1C(=O)OC(C)(C)C. The van der Waals surface area contributed by atoms with Crippen molar-refractivity contribution in [2.75, 3.05) is 13.1 Å². The van der Waals surface area contributed by atoms with Gasteiger partial charge in [0, 0.05) is 17.6 Å². The summed E-state index contributed by atoms with van der Waals surface area (Å²) in [5, 5.41) is 16.5. The highest BCUT2D eigenvalue weighted by atomic mass is 79.9. The Morgan fingerprint density at radius 1 is 1.12 bits per heavy atom. The van der Waals surface area contributed by atoms with Crippen LogP contribution in [0.5, 0.6) is 0 Å². The lowest BCUT2D eigenvalue weighted by Crippen LogP contribution is -2.82. The van der Waals surface area contributed by atoms with Crippen LogP contribution in [-0.4, -0.2) is 51.7 Å². The Balaban J connectivity index is 1.72. The van der Waals surface area contributed by atoms with Gasteiger partial charge >= 0.3 is 6.09 Å². The summed E-state index contributed by atoms with van der Waals surface area (Å²) in [7, 11) is 0. The molecule has 1 aromatic rings. The molecule has 5 aliphatic rings. The summed E-state index contributed by atoms with van der Waals surface area (Å²) in [6.07, 6.45) is 4.40. The van der Waals surface area contributed by atoms with Crippen LogP contribution in [0.1, 0.15) is 71.4 Å². The molecule has 4 saturated carbocycles. The summed E-state index contributed by atoms with van der Waals surface area (Å²) in [6.45, 7) is 7.90. The number of halogens is 1. The Morgan fingerprint density at radius 2 is 1.74 bits per heavy atom. The number of amides is 1. The van der Waals surface area contributed by atoms with E-state index in [0.29, 0.717) is 24.9 Å². The first kappa shape index (κ1) is 24.3. The van der Waals surface area contributed by atoms with Gasteiger partial charge in [0.15, 0.2) is 11.3 Å². The van der Waals surface area contributed by atoms with Gasteiger partial charge in [-0.1, -0.05) is 28.1 Å². The van der Waals surface area contributed by atoms with Crippen LogP contribution in [0.2, 0.25) is 0 Å². The molecule has 4 aliphatic carbocycles. The van der Waals surface area contributed by atoms with Crippen LogP contribution in [0.25, 0.3) is 0 Å². The van der Waals surface area contributed by atoms with E-state index in [2.05, 4.69) is 21.2 Å². The van der Waals surface area contributed by atoms with Gasteiger partial charge in [-0.15, -0.1) is 0 Å². The summed E-state index contributed by atoms with van der Waals surface area (Å²) in [6, 6.07) is 7.34. The second kappa shape index (κ2) is 8.31. The van der Waals surface area contributed by atoms with Gasteiger partial charge in [0.25, 0.3) is 0 Å². The van der Waals surface area contributed by atoms with E-state index in [-0.39, 0.29) is 17.6 Å². The monoisotopic (exact) mass is 532 g/mol. The number of carbonyl (C=O) groups excluding carboxylic acids is 2. The van der Waals surface area contributed by atoms with Crippen LogP contribution in [0, 0.1) is 23.7 Å². The Morgan fingerprint density at radius 3 is 2.26 bits per heavy atom. The van der Waals surface area contributed by atoms with Crippen LogP contribution >= 0.6 is 15.9 Å². The Bertz CT molecular complexity index is 961. The fraction of sp³-hybridized carbons (Fsp3) is 0.704. The minimum atomic E-state index is -1.45. The van der Waals surface area contributed by atoms with Crippen molar-refractivity contribution in [3.8, 4) is 0 Å². The molecule has 1 aromatic carbocycles. The largest absolute Gasteiger partial charge is 0.444 e. The van der Waals surface area contributed by atoms with Crippen molar-refractivity contribution < 1.29 is 19.4 Å². The van der Waals surface area contributed by atoms with Crippen molar-refractivity contribution in [1.82, 2.24) is 10.2 Å². The van der Waals surface area contributed by atoms with Crippen LogP contribution in [0.15, 0.2) is 28.7 Å². The number of ether oxygens (including phenoxy) is 1. The predicted octanol–water partition coefficient (Wildman–Crippen LogP) is 4.85. The maximum absolute atomic E-state index is 14.0. The lowest BCUT2D eigenvalue weighted by molar-refractivity contribution is -0.245. The number of aliphatic hydroxyl groups is 1. The maximum atomic E-state index is 14.0. The molecule has 2 N–H and O–H groups in total. The lowest BCUT2D eigenvalue weighted by Gasteiger charge is -2.68. The van der Waals surface area contributed by atoms with E-state index in [0.717, 1.165) is 35.7 Å². The van der Waals surface area contributed by atoms with Crippen LogP contribution in [-0.2, 0) is 9.53 Å². The summed E-state index contributed by atoms with van der Waals surface area (Å²) in [5.74, 6) is 1.04. The third-order valence-corrected chi connectivity index (χ3v) is 9.35. The van der Waals surface area contributed by atoms with Crippen molar-refractivity contribution in [3.63, 3.8) is 0 Å². The fourth-order valence-corrected chi connectivity index (χ4v) is 8.46. The van der Waals surface area contributed by atoms with Crippen LogP contribution in [0.3, 0.4) is 0 Å². The van der Waals surface area contributed by atoms with E-state index in [1.165, 1.54) is 6.42 Å². The molecule has 34 heavy (non-hydrogen) atoms. The summed E-state index contributed by atoms with van der Waals surface area (Å²) >= 11 is 3.58. The first-order chi connectivity index (χ1) is 16.0. The number of hydrogen-bond acceptors (Lipinski definition) is 5. The van der Waals surface area contributed by atoms with Crippen molar-refractivity contribution in [2.45, 2.75) is 82.6 Å². The topological polar surface area (TPSA) is 78.9 Å². The summed E-state index contributed by atoms with van der Waals surface area (Å²) in [4.78, 5) is 29.4. The molecule has 0 aromatic heterocycles. The van der Waals surface area contributed by atoms with Crippen molar-refractivity contribution in [3.05, 3.63) is 34.3 Å². The number of nitrogens with one attached hydrogen (secondary N) is 1. The molecule has 1 saturated heterocycles. The highest BCUT2D eigenvalue weighted by molar-refractivity contribution is 9.10. The third kappa shape index (κ3) is 3.56. The zero-order valence-electron chi connectivity index (χ0n) is 20.6. The van der Waals surface area contributed by atoms with E-state index in [1.54, 1.807) is 11.8 Å². The summed E-state index contributed by atoms with van der Waals surface area (Å²) < 4.78 is 6.76. The lowest BCUT2D eigenvalue weighted by atomic mass is 9.43. The molecule has 1 amide bonds. The minimum absolute atomic E-state index is 0.00728. The highest BCUT2D eigenvalue weighted by Crippen LogP contribution is 2.64. The van der Waals surface area contributed by atoms with Gasteiger partial charge in [0.2, 0.25) is 0 Å². The van der Waals surface area contributed by atoms with E-state index in [9.17, 15) is 14.7 Å². The fourth-order valence-electron chi connectivity index (χ4n) is 8.05. The van der Waals surface area contributed by atoms with Crippen LogP contribution < -0.4 is 5.32 Å². The molecule has 2 unspecified atom stereocenters. The number of ketones is 1. The highest BCUT2D eigenvalue weighted by Gasteiger charge is 2.73. The molecule has 0 spiro atoms. The maximum Gasteiger partial charge on any atom is 0.411 e. The second-order valence-electron chi connectivity index (χ2n) is 12.0. The number of carbonyl (C=O) groups is 2. The first-order valence-electron chi connectivity index (χ1n) is 12.7. The molecule has 1 heterocycles. The molecule has 1 aliphatic heterocycles. The van der Waals surface area contributed by atoms with Gasteiger partial charge in [-0.25, -0.2) is 4.79 Å².